The number of rotatable bonds is 9. The van der Waals surface area contributed by atoms with Crippen LogP contribution >= 0.6 is 0 Å². The summed E-state index contributed by atoms with van der Waals surface area (Å²) in [5.74, 6) is 1.31. The maximum absolute atomic E-state index is 6.49. The lowest BCUT2D eigenvalue weighted by atomic mass is 9.94. The molecule has 1 aliphatic heterocycles. The Bertz CT molecular complexity index is 881. The fraction of sp³-hybridized carbons (Fsp3) is 0.400. The molecule has 0 amide bonds. The highest BCUT2D eigenvalue weighted by atomic mass is 16.5. The maximum Gasteiger partial charge on any atom is 0.108 e. The third-order valence-corrected chi connectivity index (χ3v) is 6.67. The van der Waals surface area contributed by atoms with Crippen molar-refractivity contribution in [3.63, 3.8) is 0 Å². The zero-order chi connectivity index (χ0) is 22.2. The summed E-state index contributed by atoms with van der Waals surface area (Å²) in [6.07, 6.45) is 3.73. The topological polar surface area (TPSA) is 12.5 Å². The first-order valence-electron chi connectivity index (χ1n) is 12.2. The Labute approximate surface area is 194 Å². The first kappa shape index (κ1) is 22.8. The minimum atomic E-state index is 0.0107. The van der Waals surface area contributed by atoms with Crippen LogP contribution in [0.15, 0.2) is 84.9 Å². The van der Waals surface area contributed by atoms with E-state index in [4.69, 9.17) is 4.74 Å². The average molecular weight is 428 g/mol. The molecule has 2 heteroatoms. The van der Waals surface area contributed by atoms with Crippen LogP contribution in [0.4, 0.5) is 0 Å². The van der Waals surface area contributed by atoms with Crippen molar-refractivity contribution < 1.29 is 4.74 Å². The van der Waals surface area contributed by atoms with Gasteiger partial charge in [0.05, 0.1) is 0 Å². The lowest BCUT2D eigenvalue weighted by molar-refractivity contribution is 0.0568. The lowest BCUT2D eigenvalue weighted by Gasteiger charge is -2.33. The first-order valence-corrected chi connectivity index (χ1v) is 12.2. The van der Waals surface area contributed by atoms with Crippen LogP contribution in [0.5, 0.6) is 0 Å². The predicted octanol–water partition coefficient (Wildman–Crippen LogP) is 7.22. The molecule has 0 aromatic heterocycles. The third-order valence-electron chi connectivity index (χ3n) is 6.67. The molecule has 0 saturated carbocycles. The summed E-state index contributed by atoms with van der Waals surface area (Å²) >= 11 is 0. The van der Waals surface area contributed by atoms with Gasteiger partial charge >= 0.3 is 0 Å². The molecule has 1 heterocycles. The normalized spacial score (nSPS) is 17.2. The van der Waals surface area contributed by atoms with Crippen LogP contribution < -0.4 is 0 Å². The van der Waals surface area contributed by atoms with E-state index in [9.17, 15) is 0 Å². The van der Waals surface area contributed by atoms with Gasteiger partial charge in [0.25, 0.3) is 0 Å². The fourth-order valence-corrected chi connectivity index (χ4v) is 4.79. The third kappa shape index (κ3) is 6.31. The zero-order valence-electron chi connectivity index (χ0n) is 19.6. The second kappa shape index (κ2) is 11.4. The van der Waals surface area contributed by atoms with Gasteiger partial charge in [-0.15, -0.1) is 0 Å². The Hall–Kier alpha value is -2.42. The van der Waals surface area contributed by atoms with Crippen molar-refractivity contribution in [1.29, 1.82) is 0 Å². The second-order valence-electron chi connectivity index (χ2n) is 9.50. The molecule has 32 heavy (non-hydrogen) atoms. The molecular weight excluding hydrogens is 390 g/mol. The molecule has 0 radical (unpaired) electrons. The number of hydrogen-bond acceptors (Lipinski definition) is 2. The first-order chi connectivity index (χ1) is 15.7. The molecule has 0 spiro atoms. The van der Waals surface area contributed by atoms with Crippen LogP contribution in [-0.4, -0.2) is 24.6 Å². The minimum Gasteiger partial charge on any atom is -0.369 e. The highest BCUT2D eigenvalue weighted by Crippen LogP contribution is 2.28. The van der Waals surface area contributed by atoms with Gasteiger partial charge < -0.3 is 4.74 Å². The lowest BCUT2D eigenvalue weighted by Crippen LogP contribution is -2.35. The summed E-state index contributed by atoms with van der Waals surface area (Å²) < 4.78 is 6.49. The van der Waals surface area contributed by atoms with Crippen LogP contribution in [0.2, 0.25) is 0 Å². The molecule has 1 fully saturated rings. The van der Waals surface area contributed by atoms with Crippen LogP contribution in [0, 0.1) is 5.92 Å². The summed E-state index contributed by atoms with van der Waals surface area (Å²) in [7, 11) is 0. The van der Waals surface area contributed by atoms with E-state index < -0.39 is 0 Å². The van der Waals surface area contributed by atoms with Crippen molar-refractivity contribution in [1.82, 2.24) is 4.90 Å². The maximum atomic E-state index is 6.49. The number of ether oxygens (including phenoxy) is 1. The molecule has 1 aliphatic rings. The Kier molecular flexibility index (Phi) is 8.14. The highest BCUT2D eigenvalue weighted by molar-refractivity contribution is 5.30. The van der Waals surface area contributed by atoms with Crippen LogP contribution in [0.25, 0.3) is 0 Å². The quantitative estimate of drug-likeness (QED) is 0.357. The molecule has 168 valence electrons. The van der Waals surface area contributed by atoms with Crippen molar-refractivity contribution in [2.75, 3.05) is 19.7 Å². The van der Waals surface area contributed by atoms with Gasteiger partial charge in [-0.25, -0.2) is 0 Å². The van der Waals surface area contributed by atoms with Crippen molar-refractivity contribution in [2.24, 2.45) is 5.92 Å². The van der Waals surface area contributed by atoms with Gasteiger partial charge in [0, 0.05) is 19.7 Å². The van der Waals surface area contributed by atoms with Crippen LogP contribution in [0.3, 0.4) is 0 Å². The van der Waals surface area contributed by atoms with E-state index >= 15 is 0 Å². The largest absolute Gasteiger partial charge is 0.369 e. The minimum absolute atomic E-state index is 0.0107. The Morgan fingerprint density at radius 2 is 1.44 bits per heavy atom. The molecule has 0 aliphatic carbocycles. The number of benzene rings is 3. The molecule has 1 saturated heterocycles. The molecule has 1 unspecified atom stereocenters. The van der Waals surface area contributed by atoms with Gasteiger partial charge in [0.1, 0.15) is 6.10 Å². The number of piperidine rings is 1. The molecule has 1 atom stereocenters. The SMILES string of the molecule is CC(C)c1ccc(CN2CCCC(CCOC(c3ccccc3)c3ccccc3)C2)cc1. The van der Waals surface area contributed by atoms with E-state index in [2.05, 4.69) is 104 Å². The number of hydrogen-bond donors (Lipinski definition) is 0. The number of likely N-dealkylation sites (tertiary alicyclic amines) is 1. The Morgan fingerprint density at radius 3 is 2.03 bits per heavy atom. The number of nitrogens with zero attached hydrogens (tertiary/aromatic N) is 1. The predicted molar refractivity (Wildman–Crippen MR) is 134 cm³/mol. The smallest absolute Gasteiger partial charge is 0.108 e. The Morgan fingerprint density at radius 1 is 0.812 bits per heavy atom. The van der Waals surface area contributed by atoms with Crippen LogP contribution in [0.1, 0.15) is 67.4 Å². The van der Waals surface area contributed by atoms with Gasteiger partial charge in [-0.3, -0.25) is 4.90 Å². The van der Waals surface area contributed by atoms with Crippen molar-refractivity contribution in [3.8, 4) is 0 Å². The molecule has 3 aromatic carbocycles. The summed E-state index contributed by atoms with van der Waals surface area (Å²) in [5.41, 5.74) is 5.32. The van der Waals surface area contributed by atoms with Gasteiger partial charge in [-0.1, -0.05) is 98.8 Å². The molecule has 0 N–H and O–H groups in total. The molecule has 3 aromatic rings. The molecule has 2 nitrogen and oxygen atoms in total. The summed E-state index contributed by atoms with van der Waals surface area (Å²) in [6, 6.07) is 30.4. The second-order valence-corrected chi connectivity index (χ2v) is 9.50. The van der Waals surface area contributed by atoms with Gasteiger partial charge in [-0.05, 0) is 59.9 Å². The average Bonchev–Trinajstić information content (AvgIpc) is 2.83. The monoisotopic (exact) mass is 427 g/mol. The molecule has 4 rings (SSSR count). The fourth-order valence-electron chi connectivity index (χ4n) is 4.79. The molecule has 0 bridgehead atoms. The zero-order valence-corrected chi connectivity index (χ0v) is 19.6. The standard InChI is InChI=1S/C30H37NO/c1-24(2)27-17-15-26(16-18-27)23-31-20-9-10-25(22-31)19-21-32-30(28-11-5-3-6-12-28)29-13-7-4-8-14-29/h3-8,11-18,24-25,30H,9-10,19-23H2,1-2H3. The van der Waals surface area contributed by atoms with E-state index in [1.165, 1.54) is 48.2 Å². The highest BCUT2D eigenvalue weighted by Gasteiger charge is 2.21. The van der Waals surface area contributed by atoms with E-state index in [0.717, 1.165) is 19.6 Å². The molecular formula is C30H37NO. The summed E-state index contributed by atoms with van der Waals surface area (Å²) in [4.78, 5) is 2.63. The summed E-state index contributed by atoms with van der Waals surface area (Å²) in [5, 5.41) is 0. The van der Waals surface area contributed by atoms with Gasteiger partial charge in [0.2, 0.25) is 0 Å². The van der Waals surface area contributed by atoms with E-state index in [1.54, 1.807) is 0 Å². The van der Waals surface area contributed by atoms with Gasteiger partial charge in [-0.2, -0.15) is 0 Å². The Balaban J connectivity index is 1.31. The van der Waals surface area contributed by atoms with Crippen LogP contribution in [-0.2, 0) is 11.3 Å². The van der Waals surface area contributed by atoms with Crippen molar-refractivity contribution in [3.05, 3.63) is 107 Å². The van der Waals surface area contributed by atoms with Crippen molar-refractivity contribution in [2.45, 2.75) is 51.7 Å². The van der Waals surface area contributed by atoms with E-state index in [0.29, 0.717) is 11.8 Å². The van der Waals surface area contributed by atoms with Gasteiger partial charge in [0.15, 0.2) is 0 Å². The van der Waals surface area contributed by atoms with Crippen molar-refractivity contribution >= 4 is 0 Å². The summed E-state index contributed by atoms with van der Waals surface area (Å²) in [6.45, 7) is 8.76. The van der Waals surface area contributed by atoms with E-state index in [1.807, 2.05) is 0 Å². The van der Waals surface area contributed by atoms with E-state index in [-0.39, 0.29) is 6.10 Å².